The predicted molar refractivity (Wildman–Crippen MR) is 59.6 cm³/mol. The van der Waals surface area contributed by atoms with Crippen molar-refractivity contribution in [2.24, 2.45) is 23.2 Å². The Morgan fingerprint density at radius 3 is 2.60 bits per heavy atom. The van der Waals surface area contributed by atoms with Crippen LogP contribution >= 0.6 is 0 Å². The molecule has 3 unspecified atom stereocenters. The van der Waals surface area contributed by atoms with Gasteiger partial charge in [-0.15, -0.1) is 0 Å². The summed E-state index contributed by atoms with van der Waals surface area (Å²) in [6.07, 6.45) is 6.55. The van der Waals surface area contributed by atoms with Crippen molar-refractivity contribution < 1.29 is 9.90 Å². The van der Waals surface area contributed by atoms with Gasteiger partial charge >= 0.3 is 5.97 Å². The smallest absolute Gasteiger partial charge is 0.309 e. The molecule has 3 atom stereocenters. The largest absolute Gasteiger partial charge is 0.481 e. The summed E-state index contributed by atoms with van der Waals surface area (Å²) in [5.41, 5.74) is -0.340. The molecule has 2 rings (SSSR count). The fourth-order valence-electron chi connectivity index (χ4n) is 3.67. The first-order valence-electron chi connectivity index (χ1n) is 6.28. The van der Waals surface area contributed by atoms with Gasteiger partial charge in [-0.05, 0) is 49.9 Å². The van der Waals surface area contributed by atoms with Crippen molar-refractivity contribution in [3.8, 4) is 0 Å². The Hall–Kier alpha value is -0.530. The molecule has 0 aromatic rings. The fraction of sp³-hybridized carbons (Fsp3) is 0.923. The second-order valence-electron chi connectivity index (χ2n) is 5.97. The molecule has 0 radical (unpaired) electrons. The van der Waals surface area contributed by atoms with E-state index in [1.54, 1.807) is 0 Å². The molecule has 86 valence electrons. The van der Waals surface area contributed by atoms with Crippen molar-refractivity contribution in [2.45, 2.75) is 52.4 Å². The van der Waals surface area contributed by atoms with Gasteiger partial charge in [0.25, 0.3) is 0 Å². The first-order valence-corrected chi connectivity index (χ1v) is 6.28. The van der Waals surface area contributed by atoms with Crippen molar-refractivity contribution in [2.75, 3.05) is 0 Å². The van der Waals surface area contributed by atoms with E-state index in [2.05, 4.69) is 13.8 Å². The third kappa shape index (κ3) is 1.79. The number of hydrogen-bond acceptors (Lipinski definition) is 1. The van der Waals surface area contributed by atoms with Crippen molar-refractivity contribution in [3.63, 3.8) is 0 Å². The van der Waals surface area contributed by atoms with E-state index >= 15 is 0 Å². The lowest BCUT2D eigenvalue weighted by atomic mass is 9.69. The van der Waals surface area contributed by atoms with Crippen LogP contribution in [0, 0.1) is 23.2 Å². The molecule has 0 aromatic carbocycles. The molecule has 2 nitrogen and oxygen atoms in total. The highest BCUT2D eigenvalue weighted by molar-refractivity contribution is 5.75. The average molecular weight is 210 g/mol. The third-order valence-electron chi connectivity index (χ3n) is 4.57. The molecule has 0 saturated heterocycles. The van der Waals surface area contributed by atoms with Crippen LogP contribution in [0.15, 0.2) is 0 Å². The molecule has 1 N–H and O–H groups in total. The lowest BCUT2D eigenvalue weighted by Gasteiger charge is -2.34. The van der Waals surface area contributed by atoms with Gasteiger partial charge in [0, 0.05) is 0 Å². The minimum atomic E-state index is -0.518. The Bertz CT molecular complexity index is 259. The number of rotatable bonds is 4. The summed E-state index contributed by atoms with van der Waals surface area (Å²) in [6.45, 7) is 4.37. The molecule has 0 heterocycles. The molecule has 0 amide bonds. The Morgan fingerprint density at radius 2 is 2.20 bits per heavy atom. The first-order chi connectivity index (χ1) is 7.04. The van der Waals surface area contributed by atoms with Crippen molar-refractivity contribution in [1.82, 2.24) is 0 Å². The van der Waals surface area contributed by atoms with Gasteiger partial charge in [-0.2, -0.15) is 0 Å². The number of fused-ring (bicyclic) bond motifs is 2. The normalized spacial score (nSPS) is 38.9. The zero-order chi connectivity index (χ0) is 11.1. The van der Waals surface area contributed by atoms with Crippen LogP contribution in [0.3, 0.4) is 0 Å². The summed E-state index contributed by atoms with van der Waals surface area (Å²) in [5.74, 6) is 1.31. The average Bonchev–Trinajstić information content (AvgIpc) is 2.74. The zero-order valence-corrected chi connectivity index (χ0v) is 9.83. The van der Waals surface area contributed by atoms with E-state index in [4.69, 9.17) is 0 Å². The topological polar surface area (TPSA) is 37.3 Å². The maximum absolute atomic E-state index is 11.5. The molecule has 2 saturated carbocycles. The lowest BCUT2D eigenvalue weighted by Crippen LogP contribution is -2.36. The molecular weight excluding hydrogens is 188 g/mol. The Balaban J connectivity index is 2.08. The van der Waals surface area contributed by atoms with Crippen LogP contribution in [0.2, 0.25) is 0 Å². The molecular formula is C13H22O2. The molecule has 2 fully saturated rings. The highest BCUT2D eigenvalue weighted by Crippen LogP contribution is 2.58. The first kappa shape index (κ1) is 11.0. The van der Waals surface area contributed by atoms with Crippen molar-refractivity contribution >= 4 is 5.97 Å². The SMILES string of the molecule is CC(C)CCC1(C(=O)O)CC2CCC1C2. The van der Waals surface area contributed by atoms with Crippen LogP contribution < -0.4 is 0 Å². The van der Waals surface area contributed by atoms with Gasteiger partial charge in [0.2, 0.25) is 0 Å². The Morgan fingerprint density at radius 1 is 1.47 bits per heavy atom. The summed E-state index contributed by atoms with van der Waals surface area (Å²) in [4.78, 5) is 11.5. The number of carboxylic acids is 1. The summed E-state index contributed by atoms with van der Waals surface area (Å²) in [7, 11) is 0. The molecule has 2 bridgehead atoms. The van der Waals surface area contributed by atoms with Crippen LogP contribution in [-0.4, -0.2) is 11.1 Å². The summed E-state index contributed by atoms with van der Waals surface area (Å²) in [5, 5.41) is 9.50. The molecule has 2 aliphatic rings. The van der Waals surface area contributed by atoms with Crippen LogP contribution in [0.4, 0.5) is 0 Å². The molecule has 2 heteroatoms. The number of carboxylic acid groups (broad SMARTS) is 1. The van der Waals surface area contributed by atoms with Crippen LogP contribution in [-0.2, 0) is 4.79 Å². The van der Waals surface area contributed by atoms with Crippen LogP contribution in [0.1, 0.15) is 52.4 Å². The number of hydrogen-bond donors (Lipinski definition) is 1. The molecule has 0 aliphatic heterocycles. The van der Waals surface area contributed by atoms with Crippen molar-refractivity contribution in [3.05, 3.63) is 0 Å². The zero-order valence-electron chi connectivity index (χ0n) is 9.83. The minimum absolute atomic E-state index is 0.340. The highest BCUT2D eigenvalue weighted by atomic mass is 16.4. The molecule has 15 heavy (non-hydrogen) atoms. The predicted octanol–water partition coefficient (Wildman–Crippen LogP) is 3.31. The van der Waals surface area contributed by atoms with E-state index in [1.165, 1.54) is 12.8 Å². The standard InChI is InChI=1S/C13H22O2/c1-9(2)5-6-13(12(14)15)8-10-3-4-11(13)7-10/h9-11H,3-8H2,1-2H3,(H,14,15). The van der Waals surface area contributed by atoms with E-state index in [0.29, 0.717) is 11.8 Å². The van der Waals surface area contributed by atoms with Gasteiger partial charge in [-0.3, -0.25) is 4.79 Å². The quantitative estimate of drug-likeness (QED) is 0.773. The third-order valence-corrected chi connectivity index (χ3v) is 4.57. The minimum Gasteiger partial charge on any atom is -0.481 e. The van der Waals surface area contributed by atoms with Crippen LogP contribution in [0.5, 0.6) is 0 Å². The van der Waals surface area contributed by atoms with Gasteiger partial charge in [0.15, 0.2) is 0 Å². The Labute approximate surface area is 92.1 Å². The molecule has 2 aliphatic carbocycles. The maximum Gasteiger partial charge on any atom is 0.309 e. The van der Waals surface area contributed by atoms with Gasteiger partial charge in [-0.1, -0.05) is 20.3 Å². The van der Waals surface area contributed by atoms with Crippen LogP contribution in [0.25, 0.3) is 0 Å². The lowest BCUT2D eigenvalue weighted by molar-refractivity contribution is -0.153. The van der Waals surface area contributed by atoms with Gasteiger partial charge in [0.1, 0.15) is 0 Å². The van der Waals surface area contributed by atoms with E-state index in [1.807, 2.05) is 0 Å². The Kier molecular flexibility index (Phi) is 2.78. The van der Waals surface area contributed by atoms with Crippen molar-refractivity contribution in [1.29, 1.82) is 0 Å². The monoisotopic (exact) mass is 210 g/mol. The van der Waals surface area contributed by atoms with E-state index < -0.39 is 5.97 Å². The summed E-state index contributed by atoms with van der Waals surface area (Å²) < 4.78 is 0. The second kappa shape index (κ2) is 3.80. The number of aliphatic carboxylic acids is 1. The summed E-state index contributed by atoms with van der Waals surface area (Å²) >= 11 is 0. The number of carbonyl (C=O) groups is 1. The van der Waals surface area contributed by atoms with Gasteiger partial charge in [-0.25, -0.2) is 0 Å². The molecule has 0 aromatic heterocycles. The fourth-order valence-corrected chi connectivity index (χ4v) is 3.67. The highest BCUT2D eigenvalue weighted by Gasteiger charge is 2.55. The van der Waals surface area contributed by atoms with Gasteiger partial charge in [0.05, 0.1) is 5.41 Å². The molecule has 0 spiro atoms. The van der Waals surface area contributed by atoms with E-state index in [-0.39, 0.29) is 5.41 Å². The van der Waals surface area contributed by atoms with E-state index in [0.717, 1.165) is 31.6 Å². The maximum atomic E-state index is 11.5. The summed E-state index contributed by atoms with van der Waals surface area (Å²) in [6, 6.07) is 0. The second-order valence-corrected chi connectivity index (χ2v) is 5.97. The van der Waals surface area contributed by atoms with Gasteiger partial charge < -0.3 is 5.11 Å². The van der Waals surface area contributed by atoms with E-state index in [9.17, 15) is 9.90 Å².